The van der Waals surface area contributed by atoms with Gasteiger partial charge >= 0.3 is 0 Å². The molecular weight excluding hydrogens is 398 g/mol. The van der Waals surface area contributed by atoms with Crippen molar-refractivity contribution in [1.29, 1.82) is 0 Å². The van der Waals surface area contributed by atoms with E-state index < -0.39 is 10.0 Å². The summed E-state index contributed by atoms with van der Waals surface area (Å²) in [4.78, 5) is 15.1. The molecule has 1 N–H and O–H groups in total. The van der Waals surface area contributed by atoms with E-state index in [2.05, 4.69) is 9.71 Å². The first-order valence-corrected chi connectivity index (χ1v) is 11.2. The van der Waals surface area contributed by atoms with Crippen molar-refractivity contribution in [2.45, 2.75) is 11.8 Å². The molecule has 0 fully saturated rings. The fraction of sp³-hybridized carbons (Fsp3) is 0.263. The van der Waals surface area contributed by atoms with Crippen LogP contribution in [0.15, 0.2) is 51.8 Å². The summed E-state index contributed by atoms with van der Waals surface area (Å²) in [6.07, 6.45) is 0. The van der Waals surface area contributed by atoms with Gasteiger partial charge in [-0.3, -0.25) is 4.79 Å². The fourth-order valence-electron chi connectivity index (χ4n) is 2.94. The minimum Gasteiger partial charge on any atom is -0.492 e. The Morgan fingerprint density at radius 2 is 2.04 bits per heavy atom. The molecule has 9 heteroatoms. The van der Waals surface area contributed by atoms with Crippen LogP contribution in [0.1, 0.15) is 15.9 Å². The second kappa shape index (κ2) is 7.48. The largest absolute Gasteiger partial charge is 0.492 e. The number of amidine groups is 1. The SMILES string of the molecule is Cc1ccc(OCCNC(=O)c2ccc3c(c2)SC2=NS(=O)(=O)CCN23)cc1. The number of anilines is 1. The van der Waals surface area contributed by atoms with Crippen molar-refractivity contribution in [3.05, 3.63) is 53.6 Å². The van der Waals surface area contributed by atoms with Crippen molar-refractivity contribution in [3.63, 3.8) is 0 Å². The van der Waals surface area contributed by atoms with E-state index in [1.807, 2.05) is 42.2 Å². The molecule has 28 heavy (non-hydrogen) atoms. The summed E-state index contributed by atoms with van der Waals surface area (Å²) in [5, 5.41) is 3.28. The van der Waals surface area contributed by atoms with Gasteiger partial charge in [-0.15, -0.1) is 4.40 Å². The third-order valence-corrected chi connectivity index (χ3v) is 6.72. The maximum absolute atomic E-state index is 12.4. The molecule has 2 heterocycles. The van der Waals surface area contributed by atoms with Gasteiger partial charge in [-0.05, 0) is 49.0 Å². The highest BCUT2D eigenvalue weighted by atomic mass is 32.2. The molecule has 2 aliphatic heterocycles. The van der Waals surface area contributed by atoms with E-state index in [1.165, 1.54) is 11.8 Å². The normalized spacial score (nSPS) is 16.8. The predicted octanol–water partition coefficient (Wildman–Crippen LogP) is 2.42. The number of nitrogens with one attached hydrogen (secondary N) is 1. The van der Waals surface area contributed by atoms with Gasteiger partial charge in [0, 0.05) is 17.0 Å². The summed E-state index contributed by atoms with van der Waals surface area (Å²) in [6, 6.07) is 13.1. The van der Waals surface area contributed by atoms with Gasteiger partial charge in [0.2, 0.25) is 0 Å². The lowest BCUT2D eigenvalue weighted by Crippen LogP contribution is -2.35. The Bertz CT molecular complexity index is 1050. The minimum atomic E-state index is -3.39. The molecule has 7 nitrogen and oxygen atoms in total. The van der Waals surface area contributed by atoms with Gasteiger partial charge in [0.1, 0.15) is 12.4 Å². The van der Waals surface area contributed by atoms with Crippen LogP contribution < -0.4 is 15.0 Å². The molecule has 1 amide bonds. The molecule has 0 radical (unpaired) electrons. The van der Waals surface area contributed by atoms with Gasteiger partial charge in [0.05, 0.1) is 18.0 Å². The van der Waals surface area contributed by atoms with Crippen molar-refractivity contribution < 1.29 is 17.9 Å². The lowest BCUT2D eigenvalue weighted by molar-refractivity contribution is 0.0947. The van der Waals surface area contributed by atoms with E-state index in [4.69, 9.17) is 4.74 Å². The Kier molecular flexibility index (Phi) is 5.03. The van der Waals surface area contributed by atoms with Gasteiger partial charge in [-0.2, -0.15) is 0 Å². The number of amides is 1. The smallest absolute Gasteiger partial charge is 0.257 e. The monoisotopic (exact) mass is 417 g/mol. The Labute approximate surface area is 167 Å². The topological polar surface area (TPSA) is 88.1 Å². The van der Waals surface area contributed by atoms with Gasteiger partial charge in [-0.1, -0.05) is 17.7 Å². The molecule has 0 atom stereocenters. The highest BCUT2D eigenvalue weighted by Crippen LogP contribution is 2.42. The molecule has 0 saturated heterocycles. The zero-order valence-corrected chi connectivity index (χ0v) is 16.8. The Balaban J connectivity index is 1.36. The van der Waals surface area contributed by atoms with Crippen molar-refractivity contribution >= 4 is 38.5 Å². The Morgan fingerprint density at radius 3 is 2.82 bits per heavy atom. The van der Waals surface area contributed by atoms with Crippen LogP contribution in [0.3, 0.4) is 0 Å². The van der Waals surface area contributed by atoms with Crippen LogP contribution >= 0.6 is 11.8 Å². The highest BCUT2D eigenvalue weighted by Gasteiger charge is 2.33. The molecule has 2 aromatic carbocycles. The average molecular weight is 418 g/mol. The fourth-order valence-corrected chi connectivity index (χ4v) is 5.24. The molecule has 4 rings (SSSR count). The molecule has 0 aromatic heterocycles. The van der Waals surface area contributed by atoms with Crippen LogP contribution in [-0.4, -0.2) is 44.9 Å². The summed E-state index contributed by atoms with van der Waals surface area (Å²) in [5.74, 6) is 0.566. The van der Waals surface area contributed by atoms with Crippen molar-refractivity contribution in [2.24, 2.45) is 4.40 Å². The van der Waals surface area contributed by atoms with E-state index >= 15 is 0 Å². The number of rotatable bonds is 5. The second-order valence-corrected chi connectivity index (χ2v) is 9.28. The number of hydrogen-bond donors (Lipinski definition) is 1. The number of carbonyl (C=O) groups is 1. The number of carbonyl (C=O) groups excluding carboxylic acids is 1. The zero-order chi connectivity index (χ0) is 19.7. The highest BCUT2D eigenvalue weighted by molar-refractivity contribution is 8.15. The number of thioether (sulfide) groups is 1. The quantitative estimate of drug-likeness (QED) is 0.752. The van der Waals surface area contributed by atoms with Gasteiger partial charge < -0.3 is 15.0 Å². The molecule has 2 aromatic rings. The number of nitrogens with zero attached hydrogens (tertiary/aromatic N) is 2. The maximum atomic E-state index is 12.4. The first-order valence-electron chi connectivity index (χ1n) is 8.81. The van der Waals surface area contributed by atoms with E-state index in [0.717, 1.165) is 21.9 Å². The van der Waals surface area contributed by atoms with Crippen LogP contribution in [0.2, 0.25) is 0 Å². The Hall–Kier alpha value is -2.52. The lowest BCUT2D eigenvalue weighted by atomic mass is 10.2. The third kappa shape index (κ3) is 4.00. The molecule has 0 saturated carbocycles. The number of benzene rings is 2. The zero-order valence-electron chi connectivity index (χ0n) is 15.2. The molecule has 146 valence electrons. The summed E-state index contributed by atoms with van der Waals surface area (Å²) >= 11 is 1.27. The molecule has 2 aliphatic rings. The van der Waals surface area contributed by atoms with Crippen LogP contribution in [0.4, 0.5) is 5.69 Å². The summed E-state index contributed by atoms with van der Waals surface area (Å²) < 4.78 is 32.8. The van der Waals surface area contributed by atoms with Crippen LogP contribution in [0.25, 0.3) is 0 Å². The maximum Gasteiger partial charge on any atom is 0.257 e. The van der Waals surface area contributed by atoms with E-state index in [0.29, 0.717) is 30.4 Å². The predicted molar refractivity (Wildman–Crippen MR) is 110 cm³/mol. The van der Waals surface area contributed by atoms with Crippen LogP contribution in [0, 0.1) is 6.92 Å². The van der Waals surface area contributed by atoms with Crippen LogP contribution in [0.5, 0.6) is 5.75 Å². The van der Waals surface area contributed by atoms with Gasteiger partial charge in [0.15, 0.2) is 5.17 Å². The van der Waals surface area contributed by atoms with Crippen molar-refractivity contribution in [3.8, 4) is 5.75 Å². The Morgan fingerprint density at radius 1 is 1.25 bits per heavy atom. The molecule has 0 aliphatic carbocycles. The standard InChI is InChI=1S/C19H19N3O4S2/c1-13-2-5-15(6-3-13)26-10-8-20-18(23)14-4-7-16-17(12-14)27-19-21-28(24,25)11-9-22(16)19/h2-7,12H,8-11H2,1H3,(H,20,23). The van der Waals surface area contributed by atoms with Gasteiger partial charge in [0.25, 0.3) is 15.9 Å². The first kappa shape index (κ1) is 18.8. The number of aryl methyl sites for hydroxylation is 1. The number of hydrogen-bond acceptors (Lipinski definition) is 6. The third-order valence-electron chi connectivity index (χ3n) is 4.41. The average Bonchev–Trinajstić information content (AvgIpc) is 3.01. The van der Waals surface area contributed by atoms with Crippen LogP contribution in [-0.2, 0) is 10.0 Å². The molecule has 0 unspecified atom stereocenters. The van der Waals surface area contributed by atoms with Gasteiger partial charge in [-0.25, -0.2) is 8.42 Å². The number of ether oxygens (including phenoxy) is 1. The lowest BCUT2D eigenvalue weighted by Gasteiger charge is -2.22. The summed E-state index contributed by atoms with van der Waals surface area (Å²) in [6.45, 7) is 3.14. The van der Waals surface area contributed by atoms with Crippen molar-refractivity contribution in [2.75, 3.05) is 30.3 Å². The summed E-state index contributed by atoms with van der Waals surface area (Å²) in [7, 11) is -3.39. The van der Waals surface area contributed by atoms with E-state index in [-0.39, 0.29) is 11.7 Å². The van der Waals surface area contributed by atoms with Crippen molar-refractivity contribution in [1.82, 2.24) is 5.32 Å². The number of fused-ring (bicyclic) bond motifs is 3. The number of sulfonamides is 1. The first-order chi connectivity index (χ1) is 13.4. The summed E-state index contributed by atoms with van der Waals surface area (Å²) in [5.41, 5.74) is 2.57. The molecular formula is C19H19N3O4S2. The molecule has 0 bridgehead atoms. The minimum absolute atomic E-state index is 0.000277. The van der Waals surface area contributed by atoms with E-state index in [9.17, 15) is 13.2 Å². The second-order valence-electron chi connectivity index (χ2n) is 6.51. The molecule has 0 spiro atoms. The van der Waals surface area contributed by atoms with E-state index in [1.54, 1.807) is 12.1 Å².